The lowest BCUT2D eigenvalue weighted by molar-refractivity contribution is -0.0510. The zero-order valence-electron chi connectivity index (χ0n) is 12.7. The Labute approximate surface area is 143 Å². The molecule has 6 nitrogen and oxygen atoms in total. The van der Waals surface area contributed by atoms with Gasteiger partial charge in [-0.05, 0) is 11.6 Å². The van der Waals surface area contributed by atoms with Crippen LogP contribution in [0.2, 0.25) is 0 Å². The van der Waals surface area contributed by atoms with E-state index in [1.165, 1.54) is 0 Å². The third kappa shape index (κ3) is 7.11. The van der Waals surface area contributed by atoms with Crippen LogP contribution in [0.1, 0.15) is 0 Å². The molecule has 2 N–H and O–H groups in total. The van der Waals surface area contributed by atoms with Crippen molar-refractivity contribution in [1.82, 2.24) is 0 Å². The van der Waals surface area contributed by atoms with Crippen LogP contribution < -0.4 is 4.72 Å². The first-order valence-corrected chi connectivity index (χ1v) is 9.80. The predicted molar refractivity (Wildman–Crippen MR) is 87.9 cm³/mol. The molecule has 0 radical (unpaired) electrons. The fourth-order valence-electron chi connectivity index (χ4n) is 1.64. The summed E-state index contributed by atoms with van der Waals surface area (Å²) in [5, 5.41) is 0. The Morgan fingerprint density at radius 1 is 0.880 bits per heavy atom. The van der Waals surface area contributed by atoms with Gasteiger partial charge in [0.2, 0.25) is 10.0 Å². The van der Waals surface area contributed by atoms with Crippen molar-refractivity contribution in [2.75, 3.05) is 11.0 Å². The molecule has 11 heteroatoms. The first-order valence-electron chi connectivity index (χ1n) is 6.47. The average molecular weight is 397 g/mol. The topological polar surface area (TPSA) is 101 Å². The molecular formula is C14H14F3NO5S2. The molecule has 2 rings (SSSR count). The monoisotopic (exact) mass is 397 g/mol. The van der Waals surface area contributed by atoms with Crippen molar-refractivity contribution in [3.05, 3.63) is 54.6 Å². The number of alkyl halides is 3. The molecule has 0 aliphatic carbocycles. The van der Waals surface area contributed by atoms with Crippen molar-refractivity contribution in [3.63, 3.8) is 0 Å². The third-order valence-corrected chi connectivity index (χ3v) is 3.78. The zero-order chi connectivity index (χ0) is 19.3. The van der Waals surface area contributed by atoms with Crippen molar-refractivity contribution >= 4 is 25.8 Å². The van der Waals surface area contributed by atoms with Crippen LogP contribution in [0.15, 0.2) is 54.6 Å². The first-order chi connectivity index (χ1) is 11.3. The van der Waals surface area contributed by atoms with Crippen LogP contribution in [0.3, 0.4) is 0 Å². The van der Waals surface area contributed by atoms with Crippen molar-refractivity contribution in [2.45, 2.75) is 5.51 Å². The van der Waals surface area contributed by atoms with E-state index in [0.717, 1.165) is 17.4 Å². The molecule has 0 atom stereocenters. The number of nitrogens with one attached hydrogen (secondary N) is 1. The maximum absolute atomic E-state index is 11.3. The second-order valence-corrected chi connectivity index (χ2v) is 7.87. The third-order valence-electron chi connectivity index (χ3n) is 2.60. The molecule has 0 amide bonds. The van der Waals surface area contributed by atoms with E-state index in [1.54, 1.807) is 12.1 Å². The highest BCUT2D eigenvalue weighted by atomic mass is 32.2. The molecule has 2 aromatic carbocycles. The van der Waals surface area contributed by atoms with Gasteiger partial charge in [-0.15, -0.1) is 0 Å². The number of hydrogen-bond donors (Lipinski definition) is 2. The molecule has 0 aliphatic rings. The van der Waals surface area contributed by atoms with Crippen LogP contribution in [-0.2, 0) is 20.1 Å². The van der Waals surface area contributed by atoms with E-state index in [1.807, 2.05) is 42.5 Å². The van der Waals surface area contributed by atoms with Crippen LogP contribution in [0.5, 0.6) is 0 Å². The Morgan fingerprint density at radius 2 is 1.32 bits per heavy atom. The van der Waals surface area contributed by atoms with E-state index in [2.05, 4.69) is 4.72 Å². The van der Waals surface area contributed by atoms with Gasteiger partial charge in [0.25, 0.3) is 0 Å². The summed E-state index contributed by atoms with van der Waals surface area (Å²) in [4.78, 5) is 0. The highest BCUT2D eigenvalue weighted by Crippen LogP contribution is 2.27. The minimum absolute atomic E-state index is 0.598. The van der Waals surface area contributed by atoms with Gasteiger partial charge >= 0.3 is 15.6 Å². The Balaban J connectivity index is 0.000000333. The Bertz CT molecular complexity index is 911. The molecule has 0 aliphatic heterocycles. The van der Waals surface area contributed by atoms with Gasteiger partial charge in [-0.25, -0.2) is 8.42 Å². The van der Waals surface area contributed by atoms with E-state index >= 15 is 0 Å². The number of anilines is 1. The summed E-state index contributed by atoms with van der Waals surface area (Å²) in [6.45, 7) is 0. The fraction of sp³-hybridized carbons (Fsp3) is 0.143. The molecular weight excluding hydrogens is 383 g/mol. The van der Waals surface area contributed by atoms with Crippen LogP contribution in [-0.4, -0.2) is 33.2 Å². The van der Waals surface area contributed by atoms with E-state index in [0.29, 0.717) is 5.69 Å². The van der Waals surface area contributed by atoms with Crippen LogP contribution in [0.4, 0.5) is 18.9 Å². The number of benzene rings is 2. The SMILES string of the molecule is CS(=O)(=O)Nc1ccccc1-c1ccccc1.O=S(=O)(O)C(F)(F)F. The Hall–Kier alpha value is -2.11. The van der Waals surface area contributed by atoms with E-state index < -0.39 is 25.6 Å². The smallest absolute Gasteiger partial charge is 0.283 e. The largest absolute Gasteiger partial charge is 0.522 e. The van der Waals surface area contributed by atoms with Gasteiger partial charge in [-0.3, -0.25) is 9.27 Å². The number of hydrogen-bond acceptors (Lipinski definition) is 4. The maximum Gasteiger partial charge on any atom is 0.522 e. The average Bonchev–Trinajstić information content (AvgIpc) is 2.45. The van der Waals surface area contributed by atoms with Gasteiger partial charge < -0.3 is 0 Å². The van der Waals surface area contributed by atoms with Crippen molar-refractivity contribution in [2.24, 2.45) is 0 Å². The number of sulfonamides is 1. The molecule has 0 fully saturated rings. The Kier molecular flexibility index (Phi) is 6.57. The molecule has 0 spiro atoms. The molecule has 2 aromatic rings. The molecule has 25 heavy (non-hydrogen) atoms. The summed E-state index contributed by atoms with van der Waals surface area (Å²) < 4.78 is 82.6. The number of halogens is 3. The lowest BCUT2D eigenvalue weighted by atomic mass is 10.0. The van der Waals surface area contributed by atoms with Gasteiger partial charge in [0.15, 0.2) is 0 Å². The van der Waals surface area contributed by atoms with Gasteiger partial charge in [0.1, 0.15) is 0 Å². The van der Waals surface area contributed by atoms with Crippen LogP contribution in [0.25, 0.3) is 11.1 Å². The van der Waals surface area contributed by atoms with E-state index in [4.69, 9.17) is 13.0 Å². The summed E-state index contributed by atoms with van der Waals surface area (Å²) in [6.07, 6.45) is 1.15. The summed E-state index contributed by atoms with van der Waals surface area (Å²) >= 11 is 0. The summed E-state index contributed by atoms with van der Waals surface area (Å²) in [5.74, 6) is 0. The summed E-state index contributed by atoms with van der Waals surface area (Å²) in [6, 6.07) is 17.0. The lowest BCUT2D eigenvalue weighted by Gasteiger charge is -2.10. The summed E-state index contributed by atoms with van der Waals surface area (Å²) in [5.41, 5.74) is -3.08. The van der Waals surface area contributed by atoms with Gasteiger partial charge in [0, 0.05) is 5.56 Å². The number of para-hydroxylation sites is 1. The van der Waals surface area contributed by atoms with E-state index in [9.17, 15) is 21.6 Å². The molecule has 0 saturated heterocycles. The molecule has 0 saturated carbocycles. The second-order valence-electron chi connectivity index (χ2n) is 4.71. The van der Waals surface area contributed by atoms with Gasteiger partial charge in [-0.1, -0.05) is 48.5 Å². The molecule has 0 bridgehead atoms. The molecule has 0 unspecified atom stereocenters. The van der Waals surface area contributed by atoms with E-state index in [-0.39, 0.29) is 0 Å². The van der Waals surface area contributed by atoms with Gasteiger partial charge in [0.05, 0.1) is 11.9 Å². The lowest BCUT2D eigenvalue weighted by Crippen LogP contribution is -2.21. The first kappa shape index (κ1) is 20.9. The minimum atomic E-state index is -5.84. The fourth-order valence-corrected chi connectivity index (χ4v) is 2.22. The highest BCUT2D eigenvalue weighted by Gasteiger charge is 2.44. The summed E-state index contributed by atoms with van der Waals surface area (Å²) in [7, 11) is -9.10. The van der Waals surface area contributed by atoms with Gasteiger partial charge in [-0.2, -0.15) is 21.6 Å². The second kappa shape index (κ2) is 7.85. The van der Waals surface area contributed by atoms with Crippen LogP contribution >= 0.6 is 0 Å². The number of rotatable bonds is 3. The normalized spacial score (nSPS) is 12.0. The maximum atomic E-state index is 11.3. The molecule has 0 aromatic heterocycles. The van der Waals surface area contributed by atoms with Crippen molar-refractivity contribution < 1.29 is 34.6 Å². The van der Waals surface area contributed by atoms with Crippen LogP contribution in [0, 0.1) is 0 Å². The Morgan fingerprint density at radius 3 is 1.76 bits per heavy atom. The quantitative estimate of drug-likeness (QED) is 0.612. The standard InChI is InChI=1S/C13H13NO2S.CHF3O3S/c1-17(15,16)14-13-10-6-5-9-12(13)11-7-3-2-4-8-11;2-1(3,4)8(5,6)7/h2-10,14H,1H3;(H,5,6,7). The van der Waals surface area contributed by atoms with Crippen molar-refractivity contribution in [3.8, 4) is 11.1 Å². The minimum Gasteiger partial charge on any atom is -0.283 e. The molecule has 0 heterocycles. The zero-order valence-corrected chi connectivity index (χ0v) is 14.4. The van der Waals surface area contributed by atoms with Crippen molar-refractivity contribution in [1.29, 1.82) is 0 Å². The molecule has 138 valence electrons. The predicted octanol–water partition coefficient (Wildman–Crippen LogP) is 3.12. The highest BCUT2D eigenvalue weighted by molar-refractivity contribution is 7.92.